The Bertz CT molecular complexity index is 1200. The molecule has 1 N–H and O–H groups in total. The number of aliphatic hydroxyl groups excluding tert-OH is 1. The Morgan fingerprint density at radius 2 is 1.80 bits per heavy atom. The van der Waals surface area contributed by atoms with Gasteiger partial charge in [-0.1, -0.05) is 51.5 Å². The molecule has 0 radical (unpaired) electrons. The fourth-order valence-electron chi connectivity index (χ4n) is 7.01. The Balaban J connectivity index is 1.56. The van der Waals surface area contributed by atoms with Gasteiger partial charge < -0.3 is 29.3 Å². The number of unbranched alkanes of at least 4 members (excludes halogenated alkanes) is 1. The van der Waals surface area contributed by atoms with Crippen molar-refractivity contribution < 1.29 is 29.0 Å². The number of nitrogens with zero attached hydrogens (tertiary/aromatic N) is 3. The predicted molar refractivity (Wildman–Crippen MR) is 155 cm³/mol. The van der Waals surface area contributed by atoms with Crippen LogP contribution in [0, 0.1) is 17.8 Å². The third-order valence-corrected chi connectivity index (χ3v) is 8.77. The molecule has 9 nitrogen and oxygen atoms in total. The quantitative estimate of drug-likeness (QED) is 0.438. The fraction of sp³-hybridized carbons (Fsp3) is 0.594. The summed E-state index contributed by atoms with van der Waals surface area (Å²) in [6.07, 6.45) is 9.22. The van der Waals surface area contributed by atoms with Gasteiger partial charge in [-0.05, 0) is 49.9 Å². The van der Waals surface area contributed by atoms with E-state index >= 15 is 0 Å². The summed E-state index contributed by atoms with van der Waals surface area (Å²) in [6, 6.07) is 5.86. The average molecular weight is 566 g/mol. The molecular weight excluding hydrogens is 522 g/mol. The van der Waals surface area contributed by atoms with Crippen LogP contribution >= 0.6 is 0 Å². The Kier molecular flexibility index (Phi) is 8.57. The summed E-state index contributed by atoms with van der Waals surface area (Å²) in [5.74, 6) is -1.48. The summed E-state index contributed by atoms with van der Waals surface area (Å²) in [5, 5.41) is 10.5. The molecule has 1 aromatic rings. The highest BCUT2D eigenvalue weighted by molar-refractivity contribution is 6.04. The minimum Gasteiger partial charge on any atom is -0.494 e. The number of carbonyl (C=O) groups is 3. The lowest BCUT2D eigenvalue weighted by molar-refractivity contribution is -0.150. The number of rotatable bonds is 10. The number of aliphatic hydroxyl groups is 1. The predicted octanol–water partition coefficient (Wildman–Crippen LogP) is 3.17. The first-order valence-corrected chi connectivity index (χ1v) is 15.1. The molecule has 222 valence electrons. The number of anilines is 1. The molecule has 4 aliphatic heterocycles. The van der Waals surface area contributed by atoms with Crippen LogP contribution in [0.25, 0.3) is 0 Å². The number of likely N-dealkylation sites (tertiary alicyclic amines) is 1. The number of carbonyl (C=O) groups excluding carboxylic acids is 3. The van der Waals surface area contributed by atoms with Gasteiger partial charge in [0, 0.05) is 25.3 Å². The molecule has 6 atom stereocenters. The van der Waals surface area contributed by atoms with E-state index in [2.05, 4.69) is 6.92 Å². The molecule has 3 amide bonds. The zero-order valence-electron chi connectivity index (χ0n) is 24.6. The van der Waals surface area contributed by atoms with E-state index in [4.69, 9.17) is 9.47 Å². The topological polar surface area (TPSA) is 99.6 Å². The van der Waals surface area contributed by atoms with Gasteiger partial charge in [0.25, 0.3) is 0 Å². The second kappa shape index (κ2) is 12.0. The summed E-state index contributed by atoms with van der Waals surface area (Å²) in [6.45, 7) is 9.67. The molecule has 1 unspecified atom stereocenters. The number of hydrogen-bond donors (Lipinski definition) is 1. The highest BCUT2D eigenvalue weighted by Gasteiger charge is 2.72. The molecule has 9 heteroatoms. The van der Waals surface area contributed by atoms with Crippen molar-refractivity contribution >= 4 is 23.4 Å². The molecule has 0 bridgehead atoms. The highest BCUT2D eigenvalue weighted by atomic mass is 16.5. The molecule has 1 aromatic carbocycles. The summed E-state index contributed by atoms with van der Waals surface area (Å²) < 4.78 is 12.3. The van der Waals surface area contributed by atoms with E-state index in [1.54, 1.807) is 14.7 Å². The lowest BCUT2D eigenvalue weighted by Crippen LogP contribution is -2.58. The van der Waals surface area contributed by atoms with E-state index in [1.807, 2.05) is 69.3 Å². The normalized spacial score (nSPS) is 29.9. The zero-order chi connectivity index (χ0) is 29.3. The monoisotopic (exact) mass is 565 g/mol. The molecule has 5 rings (SSSR count). The minimum atomic E-state index is -1.29. The Labute approximate surface area is 242 Å². The van der Waals surface area contributed by atoms with Crippen LogP contribution in [0.3, 0.4) is 0 Å². The molecule has 0 aliphatic carbocycles. The number of fused-ring (bicyclic) bond motifs is 2. The van der Waals surface area contributed by atoms with Crippen LogP contribution < -0.4 is 9.64 Å². The van der Waals surface area contributed by atoms with Gasteiger partial charge in [0.1, 0.15) is 17.4 Å². The van der Waals surface area contributed by atoms with Crippen molar-refractivity contribution in [1.82, 2.24) is 9.80 Å². The summed E-state index contributed by atoms with van der Waals surface area (Å²) in [7, 11) is 0. The maximum Gasteiger partial charge on any atom is 0.249 e. The van der Waals surface area contributed by atoms with Crippen molar-refractivity contribution in [3.63, 3.8) is 0 Å². The molecule has 0 saturated carbocycles. The molecule has 2 fully saturated rings. The van der Waals surface area contributed by atoms with Gasteiger partial charge >= 0.3 is 0 Å². The van der Waals surface area contributed by atoms with Crippen LogP contribution in [-0.4, -0.2) is 89.3 Å². The smallest absolute Gasteiger partial charge is 0.249 e. The van der Waals surface area contributed by atoms with E-state index in [9.17, 15) is 19.5 Å². The van der Waals surface area contributed by atoms with Crippen LogP contribution in [0.2, 0.25) is 0 Å². The van der Waals surface area contributed by atoms with E-state index < -0.39 is 35.6 Å². The number of ether oxygens (including phenoxy) is 2. The zero-order valence-corrected chi connectivity index (χ0v) is 24.6. The van der Waals surface area contributed by atoms with Gasteiger partial charge in [-0.2, -0.15) is 0 Å². The van der Waals surface area contributed by atoms with Crippen LogP contribution in [-0.2, 0) is 19.1 Å². The van der Waals surface area contributed by atoms with Crippen molar-refractivity contribution in [1.29, 1.82) is 0 Å². The van der Waals surface area contributed by atoms with Gasteiger partial charge in [0.15, 0.2) is 0 Å². The molecular formula is C32H43N3O6. The maximum absolute atomic E-state index is 14.5. The standard InChI is InChI=1S/C32H43N3O6/c1-5-7-16-33-17-9-15-32-27(30(38)35(28(32)31(33)39)23(20-36)19-21(3)4)26-25(41-32)10-8-18-34(29(26)37)22-11-13-24(14-12-22)40-6-2/h8-15,21,23,25-28,36H,5-7,16-20H2,1-4H3/t23-,25+,26-,27+,28?,32+/m1/s1. The maximum atomic E-state index is 14.5. The summed E-state index contributed by atoms with van der Waals surface area (Å²) in [4.78, 5) is 48.1. The summed E-state index contributed by atoms with van der Waals surface area (Å²) >= 11 is 0. The first-order valence-electron chi connectivity index (χ1n) is 15.1. The Morgan fingerprint density at radius 3 is 2.46 bits per heavy atom. The lowest BCUT2D eigenvalue weighted by Gasteiger charge is -2.39. The highest BCUT2D eigenvalue weighted by Crippen LogP contribution is 2.54. The van der Waals surface area contributed by atoms with Gasteiger partial charge in [0.05, 0.1) is 37.2 Å². The van der Waals surface area contributed by atoms with E-state index in [1.165, 1.54) is 0 Å². The Hall–Kier alpha value is -3.17. The third kappa shape index (κ3) is 5.07. The first-order chi connectivity index (χ1) is 19.8. The fourth-order valence-corrected chi connectivity index (χ4v) is 7.01. The van der Waals surface area contributed by atoms with Crippen LogP contribution in [0.1, 0.15) is 47.0 Å². The van der Waals surface area contributed by atoms with Gasteiger partial charge in [0.2, 0.25) is 17.7 Å². The first kappa shape index (κ1) is 29.3. The molecule has 1 spiro atoms. The minimum absolute atomic E-state index is 0.183. The second-order valence-corrected chi connectivity index (χ2v) is 11.9. The largest absolute Gasteiger partial charge is 0.494 e. The molecule has 4 heterocycles. The van der Waals surface area contributed by atoms with Crippen molar-refractivity contribution in [2.75, 3.05) is 37.7 Å². The third-order valence-electron chi connectivity index (χ3n) is 8.77. The molecule has 2 saturated heterocycles. The molecule has 0 aromatic heterocycles. The van der Waals surface area contributed by atoms with Crippen LogP contribution in [0.15, 0.2) is 48.6 Å². The number of hydrogen-bond acceptors (Lipinski definition) is 6. The van der Waals surface area contributed by atoms with Gasteiger partial charge in [-0.3, -0.25) is 14.4 Å². The van der Waals surface area contributed by atoms with Crippen molar-refractivity contribution in [2.45, 2.75) is 70.7 Å². The Morgan fingerprint density at radius 1 is 1.05 bits per heavy atom. The second-order valence-electron chi connectivity index (χ2n) is 11.9. The van der Waals surface area contributed by atoms with E-state index in [0.29, 0.717) is 38.3 Å². The SMILES string of the molecule is CCCCN1CC=C[C@]23O[C@H]4C=CCN(c5ccc(OCC)cc5)C(=O)[C@H]4[C@H]2C(=O)N([C@@H](CO)CC(C)C)C3C1=O. The molecule has 41 heavy (non-hydrogen) atoms. The van der Waals surface area contributed by atoms with Crippen molar-refractivity contribution in [2.24, 2.45) is 17.8 Å². The average Bonchev–Trinajstić information content (AvgIpc) is 3.28. The number of benzene rings is 1. The number of amides is 3. The van der Waals surface area contributed by atoms with Crippen LogP contribution in [0.4, 0.5) is 5.69 Å². The summed E-state index contributed by atoms with van der Waals surface area (Å²) in [5.41, 5.74) is -0.591. The van der Waals surface area contributed by atoms with E-state index in [0.717, 1.165) is 18.6 Å². The van der Waals surface area contributed by atoms with Gasteiger partial charge in [-0.25, -0.2) is 0 Å². The van der Waals surface area contributed by atoms with E-state index in [-0.39, 0.29) is 30.2 Å². The van der Waals surface area contributed by atoms with Crippen molar-refractivity contribution in [3.8, 4) is 5.75 Å². The van der Waals surface area contributed by atoms with Gasteiger partial charge in [-0.15, -0.1) is 0 Å². The molecule has 4 aliphatic rings. The van der Waals surface area contributed by atoms with Crippen LogP contribution in [0.5, 0.6) is 5.75 Å². The lowest BCUT2D eigenvalue weighted by atomic mass is 9.77. The van der Waals surface area contributed by atoms with Crippen molar-refractivity contribution in [3.05, 3.63) is 48.6 Å².